The molecule has 0 aliphatic rings. The molecule has 0 fully saturated rings. The molecular formula is C22H15BrN2O5S. The lowest BCUT2D eigenvalue weighted by molar-refractivity contribution is -0.384. The molecule has 0 atom stereocenters. The van der Waals surface area contributed by atoms with Crippen LogP contribution in [0.25, 0.3) is 33.2 Å². The number of thiazole rings is 1. The van der Waals surface area contributed by atoms with E-state index in [9.17, 15) is 14.9 Å². The summed E-state index contributed by atoms with van der Waals surface area (Å²) in [5.74, 6) is 0.191. The van der Waals surface area contributed by atoms with Crippen molar-refractivity contribution in [2.75, 3.05) is 0 Å². The lowest BCUT2D eigenvalue weighted by Gasteiger charge is -2.03. The number of nitrogens with zero attached hydrogens (tertiary/aromatic N) is 2. The van der Waals surface area contributed by atoms with Crippen molar-refractivity contribution < 1.29 is 19.2 Å². The summed E-state index contributed by atoms with van der Waals surface area (Å²) >= 11 is 4.86. The van der Waals surface area contributed by atoms with Crippen LogP contribution in [0, 0.1) is 10.1 Å². The van der Waals surface area contributed by atoms with Crippen molar-refractivity contribution in [1.29, 1.82) is 0 Å². The first kappa shape index (κ1) is 21.0. The average molecular weight is 499 g/mol. The highest BCUT2D eigenvalue weighted by Crippen LogP contribution is 2.35. The third kappa shape index (κ3) is 4.73. The number of rotatable bonds is 7. The maximum atomic E-state index is 11.1. The lowest BCUT2D eigenvalue weighted by Crippen LogP contribution is -1.95. The SMILES string of the molecule is O=C(O)CC/C(=C/c1ccc(-c2ccc([N+](=O)[O-])cc2Br)o1)c1nc2ccccc2s1. The predicted octanol–water partition coefficient (Wildman–Crippen LogP) is 6.63. The largest absolute Gasteiger partial charge is 0.481 e. The van der Waals surface area contributed by atoms with Gasteiger partial charge in [-0.2, -0.15) is 0 Å². The summed E-state index contributed by atoms with van der Waals surface area (Å²) in [6.07, 6.45) is 2.08. The molecule has 0 aliphatic carbocycles. The number of benzene rings is 2. The second kappa shape index (κ2) is 8.83. The van der Waals surface area contributed by atoms with Gasteiger partial charge in [0.2, 0.25) is 0 Å². The zero-order chi connectivity index (χ0) is 22.0. The monoisotopic (exact) mass is 498 g/mol. The number of carboxylic acid groups (broad SMARTS) is 1. The van der Waals surface area contributed by atoms with Crippen molar-refractivity contribution in [3.8, 4) is 11.3 Å². The second-order valence-corrected chi connectivity index (χ2v) is 8.56. The summed E-state index contributed by atoms with van der Waals surface area (Å²) in [4.78, 5) is 26.3. The number of nitro benzene ring substituents is 1. The Labute approximate surface area is 188 Å². The van der Waals surface area contributed by atoms with E-state index in [1.165, 1.54) is 23.5 Å². The van der Waals surface area contributed by atoms with Crippen LogP contribution >= 0.6 is 27.3 Å². The van der Waals surface area contributed by atoms with Crippen LogP contribution in [0.15, 0.2) is 63.5 Å². The fraction of sp³-hybridized carbons (Fsp3) is 0.0909. The second-order valence-electron chi connectivity index (χ2n) is 6.67. The number of allylic oxidation sites excluding steroid dienone is 1. The van der Waals surface area contributed by atoms with Crippen molar-refractivity contribution in [3.63, 3.8) is 0 Å². The molecule has 0 unspecified atom stereocenters. The Morgan fingerprint density at radius 1 is 1.19 bits per heavy atom. The number of furan rings is 1. The zero-order valence-electron chi connectivity index (χ0n) is 15.9. The Morgan fingerprint density at radius 3 is 2.71 bits per heavy atom. The lowest BCUT2D eigenvalue weighted by atomic mass is 10.1. The number of hydrogen-bond acceptors (Lipinski definition) is 6. The van der Waals surface area contributed by atoms with Gasteiger partial charge in [-0.1, -0.05) is 12.1 Å². The molecule has 2 aromatic carbocycles. The minimum Gasteiger partial charge on any atom is -0.481 e. The molecule has 9 heteroatoms. The van der Waals surface area contributed by atoms with Crippen molar-refractivity contribution in [2.45, 2.75) is 12.8 Å². The van der Waals surface area contributed by atoms with Crippen molar-refractivity contribution in [2.24, 2.45) is 0 Å². The molecule has 7 nitrogen and oxygen atoms in total. The predicted molar refractivity (Wildman–Crippen MR) is 123 cm³/mol. The summed E-state index contributed by atoms with van der Waals surface area (Å²) in [5.41, 5.74) is 2.29. The first-order valence-corrected chi connectivity index (χ1v) is 10.8. The fourth-order valence-corrected chi connectivity index (χ4v) is 4.63. The molecular weight excluding hydrogens is 484 g/mol. The maximum absolute atomic E-state index is 11.1. The van der Waals surface area contributed by atoms with E-state index in [0.29, 0.717) is 28.0 Å². The molecule has 31 heavy (non-hydrogen) atoms. The van der Waals surface area contributed by atoms with Gasteiger partial charge in [-0.3, -0.25) is 14.9 Å². The highest BCUT2D eigenvalue weighted by Gasteiger charge is 2.15. The van der Waals surface area contributed by atoms with Gasteiger partial charge in [0.15, 0.2) is 0 Å². The van der Waals surface area contributed by atoms with Crippen LogP contribution < -0.4 is 0 Å². The van der Waals surface area contributed by atoms with E-state index in [-0.39, 0.29) is 12.1 Å². The molecule has 0 saturated heterocycles. The Balaban J connectivity index is 1.69. The molecule has 0 amide bonds. The quantitative estimate of drug-likeness (QED) is 0.226. The van der Waals surface area contributed by atoms with E-state index in [1.54, 1.807) is 24.3 Å². The number of para-hydroxylation sites is 1. The molecule has 2 aromatic heterocycles. The van der Waals surface area contributed by atoms with Gasteiger partial charge < -0.3 is 9.52 Å². The number of aromatic nitrogens is 1. The van der Waals surface area contributed by atoms with Gasteiger partial charge in [0, 0.05) is 28.6 Å². The van der Waals surface area contributed by atoms with Gasteiger partial charge in [-0.15, -0.1) is 11.3 Å². The molecule has 0 saturated carbocycles. The number of halogens is 1. The highest BCUT2D eigenvalue weighted by atomic mass is 79.9. The summed E-state index contributed by atoms with van der Waals surface area (Å²) in [7, 11) is 0. The number of carboxylic acids is 1. The summed E-state index contributed by atoms with van der Waals surface area (Å²) in [5, 5.41) is 20.8. The van der Waals surface area contributed by atoms with Crippen LogP contribution in [-0.4, -0.2) is 21.0 Å². The Bertz CT molecular complexity index is 1290. The minimum absolute atomic E-state index is 0.0194. The normalized spacial score (nSPS) is 11.7. The van der Waals surface area contributed by atoms with E-state index >= 15 is 0 Å². The van der Waals surface area contributed by atoms with Gasteiger partial charge >= 0.3 is 5.97 Å². The van der Waals surface area contributed by atoms with Crippen LogP contribution in [0.1, 0.15) is 23.6 Å². The number of fused-ring (bicyclic) bond motifs is 1. The van der Waals surface area contributed by atoms with E-state index < -0.39 is 10.9 Å². The van der Waals surface area contributed by atoms with Gasteiger partial charge in [0.05, 0.1) is 15.1 Å². The summed E-state index contributed by atoms with van der Waals surface area (Å²) in [6.45, 7) is 0. The molecule has 156 valence electrons. The average Bonchev–Trinajstić information content (AvgIpc) is 3.37. The number of carbonyl (C=O) groups is 1. The van der Waals surface area contributed by atoms with E-state index in [4.69, 9.17) is 9.52 Å². The van der Waals surface area contributed by atoms with E-state index in [1.807, 2.05) is 24.3 Å². The number of nitro groups is 1. The molecule has 0 spiro atoms. The van der Waals surface area contributed by atoms with E-state index in [2.05, 4.69) is 20.9 Å². The smallest absolute Gasteiger partial charge is 0.303 e. The van der Waals surface area contributed by atoms with Crippen LogP contribution in [-0.2, 0) is 4.79 Å². The third-order valence-electron chi connectivity index (χ3n) is 4.55. The van der Waals surface area contributed by atoms with Crippen LogP contribution in [0.3, 0.4) is 0 Å². The first-order chi connectivity index (χ1) is 14.9. The van der Waals surface area contributed by atoms with Gasteiger partial charge in [-0.05, 0) is 64.3 Å². The Hall–Kier alpha value is -3.30. The Morgan fingerprint density at radius 2 is 2.00 bits per heavy atom. The minimum atomic E-state index is -0.887. The van der Waals surface area contributed by atoms with E-state index in [0.717, 1.165) is 20.8 Å². The molecule has 4 aromatic rings. The van der Waals surface area contributed by atoms with Crippen LogP contribution in [0.4, 0.5) is 5.69 Å². The topological polar surface area (TPSA) is 106 Å². The van der Waals surface area contributed by atoms with Crippen molar-refractivity contribution >= 4 is 60.8 Å². The van der Waals surface area contributed by atoms with Crippen molar-refractivity contribution in [3.05, 3.63) is 80.0 Å². The molecule has 1 N–H and O–H groups in total. The van der Waals surface area contributed by atoms with Crippen LogP contribution in [0.5, 0.6) is 0 Å². The van der Waals surface area contributed by atoms with Crippen LogP contribution in [0.2, 0.25) is 0 Å². The fourth-order valence-electron chi connectivity index (χ4n) is 3.06. The Kier molecular flexibility index (Phi) is 5.97. The summed E-state index contributed by atoms with van der Waals surface area (Å²) in [6, 6.07) is 15.7. The molecule has 0 bridgehead atoms. The molecule has 0 aliphatic heterocycles. The van der Waals surface area contributed by atoms with Gasteiger partial charge in [-0.25, -0.2) is 4.98 Å². The molecule has 4 rings (SSSR count). The zero-order valence-corrected chi connectivity index (χ0v) is 18.4. The summed E-state index contributed by atoms with van der Waals surface area (Å²) < 4.78 is 7.50. The third-order valence-corrected chi connectivity index (χ3v) is 6.32. The van der Waals surface area contributed by atoms with Gasteiger partial charge in [0.1, 0.15) is 16.5 Å². The number of aliphatic carboxylic acids is 1. The highest BCUT2D eigenvalue weighted by molar-refractivity contribution is 9.10. The first-order valence-electron chi connectivity index (χ1n) is 9.23. The van der Waals surface area contributed by atoms with Crippen molar-refractivity contribution in [1.82, 2.24) is 4.98 Å². The maximum Gasteiger partial charge on any atom is 0.303 e. The number of non-ortho nitro benzene ring substituents is 1. The molecule has 0 radical (unpaired) electrons. The standard InChI is InChI=1S/C22H15BrN2O5S/c23-17-12-14(25(28)29)6-8-16(17)19-9-7-15(30-19)11-13(5-10-21(26)27)22-24-18-3-1-2-4-20(18)31-22/h1-4,6-9,11-12H,5,10H2,(H,26,27)/b13-11-. The van der Waals surface area contributed by atoms with Gasteiger partial charge in [0.25, 0.3) is 5.69 Å². The number of hydrogen-bond donors (Lipinski definition) is 1. The molecule has 2 heterocycles.